The Morgan fingerprint density at radius 3 is 2.70 bits per heavy atom. The number of carbonyl (C=O) groups is 1. The summed E-state index contributed by atoms with van der Waals surface area (Å²) in [5.74, 6) is -0.583. The van der Waals surface area contributed by atoms with Gasteiger partial charge < -0.3 is 0 Å². The van der Waals surface area contributed by atoms with Gasteiger partial charge in [-0.05, 0) is 29.0 Å². The largest absolute Gasteiger partial charge is 0.433 e. The van der Waals surface area contributed by atoms with Crippen LogP contribution in [0.25, 0.3) is 5.82 Å². The predicted octanol–water partition coefficient (Wildman–Crippen LogP) is 1.41. The van der Waals surface area contributed by atoms with E-state index in [1.807, 2.05) is 6.92 Å². The lowest BCUT2D eigenvalue weighted by atomic mass is 10.2. The van der Waals surface area contributed by atoms with Crippen molar-refractivity contribution in [3.63, 3.8) is 0 Å². The van der Waals surface area contributed by atoms with Gasteiger partial charge in [0.15, 0.2) is 11.6 Å². The van der Waals surface area contributed by atoms with Crippen molar-refractivity contribution in [2.45, 2.75) is 25.9 Å². The van der Waals surface area contributed by atoms with Crippen LogP contribution in [0, 0.1) is 0 Å². The fourth-order valence-corrected chi connectivity index (χ4v) is 2.20. The molecule has 0 unspecified atom stereocenters. The molecule has 0 fully saturated rings. The second-order valence-electron chi connectivity index (χ2n) is 5.50. The number of pyridine rings is 1. The molecule has 1 amide bonds. The number of hydrogen-bond acceptors (Lipinski definition) is 7. The Balaban J connectivity index is 2.03. The highest BCUT2D eigenvalue weighted by Gasteiger charge is 2.34. The number of anilines is 1. The maximum absolute atomic E-state index is 13.1. The third-order valence-electron chi connectivity index (χ3n) is 3.49. The molecule has 10 nitrogen and oxygen atoms in total. The summed E-state index contributed by atoms with van der Waals surface area (Å²) in [6.07, 6.45) is -2.16. The van der Waals surface area contributed by atoms with Crippen molar-refractivity contribution in [2.24, 2.45) is 7.05 Å². The quantitative estimate of drug-likeness (QED) is 0.710. The Bertz CT molecular complexity index is 963. The molecule has 0 bridgehead atoms. The number of tetrazole rings is 1. The number of nitrogens with zero attached hydrogens (tertiary/aromatic N) is 8. The summed E-state index contributed by atoms with van der Waals surface area (Å²) in [7, 11) is 1.50. The minimum atomic E-state index is -4.68. The number of halogens is 3. The Morgan fingerprint density at radius 1 is 1.30 bits per heavy atom. The number of hydrogen-bond donors (Lipinski definition) is 1. The molecule has 1 N–H and O–H groups in total. The predicted molar refractivity (Wildman–Crippen MR) is 84.9 cm³/mol. The Labute approximate surface area is 150 Å². The zero-order valence-electron chi connectivity index (χ0n) is 14.3. The zero-order chi connectivity index (χ0) is 19.6. The van der Waals surface area contributed by atoms with Gasteiger partial charge in [0.1, 0.15) is 12.0 Å². The summed E-state index contributed by atoms with van der Waals surface area (Å²) in [6, 6.07) is 1.74. The van der Waals surface area contributed by atoms with Gasteiger partial charge >= 0.3 is 6.18 Å². The van der Waals surface area contributed by atoms with Gasteiger partial charge in [0, 0.05) is 13.5 Å². The van der Waals surface area contributed by atoms with E-state index in [1.54, 1.807) is 0 Å². The van der Waals surface area contributed by atoms with E-state index in [2.05, 4.69) is 35.9 Å². The normalized spacial score (nSPS) is 11.6. The van der Waals surface area contributed by atoms with Crippen molar-refractivity contribution in [3.8, 4) is 5.82 Å². The van der Waals surface area contributed by atoms with Crippen LogP contribution in [0.3, 0.4) is 0 Å². The van der Waals surface area contributed by atoms with Crippen LogP contribution in [0.4, 0.5) is 19.1 Å². The number of rotatable bonds is 5. The maximum atomic E-state index is 13.1. The first-order chi connectivity index (χ1) is 12.8. The summed E-state index contributed by atoms with van der Waals surface area (Å²) in [5, 5.41) is 17.1. The van der Waals surface area contributed by atoms with Gasteiger partial charge in [0.05, 0.1) is 5.56 Å². The van der Waals surface area contributed by atoms with Crippen molar-refractivity contribution < 1.29 is 18.0 Å². The van der Waals surface area contributed by atoms with Gasteiger partial charge in [-0.2, -0.15) is 13.2 Å². The van der Waals surface area contributed by atoms with Crippen molar-refractivity contribution in [3.05, 3.63) is 35.5 Å². The fraction of sp³-hybridized carbons (Fsp3) is 0.357. The third-order valence-corrected chi connectivity index (χ3v) is 3.49. The minimum absolute atomic E-state index is 0.0242. The molecular weight excluding hydrogens is 367 g/mol. The molecule has 3 heterocycles. The maximum Gasteiger partial charge on any atom is 0.433 e. The topological polar surface area (TPSA) is 116 Å². The van der Waals surface area contributed by atoms with E-state index in [4.69, 9.17) is 0 Å². The van der Waals surface area contributed by atoms with Crippen LogP contribution in [0.15, 0.2) is 18.5 Å². The van der Waals surface area contributed by atoms with Crippen LogP contribution >= 0.6 is 0 Å². The SMILES string of the molecule is CCCc1ncn(-c2nc(C(F)(F)F)ccc2C(=O)Nc2nnnn2C)n1. The van der Waals surface area contributed by atoms with E-state index in [0.717, 1.165) is 23.2 Å². The van der Waals surface area contributed by atoms with Crippen LogP contribution in [0.1, 0.15) is 35.2 Å². The molecule has 142 valence electrons. The van der Waals surface area contributed by atoms with Crippen LogP contribution in [0.5, 0.6) is 0 Å². The molecule has 3 rings (SSSR count). The van der Waals surface area contributed by atoms with Gasteiger partial charge in [0.25, 0.3) is 5.91 Å². The molecule has 3 aromatic heterocycles. The second kappa shape index (κ2) is 7.09. The van der Waals surface area contributed by atoms with Gasteiger partial charge in [-0.15, -0.1) is 5.10 Å². The molecule has 27 heavy (non-hydrogen) atoms. The molecule has 13 heteroatoms. The van der Waals surface area contributed by atoms with E-state index in [-0.39, 0.29) is 17.3 Å². The molecule has 0 saturated heterocycles. The lowest BCUT2D eigenvalue weighted by Crippen LogP contribution is -2.20. The van der Waals surface area contributed by atoms with Crippen LogP contribution in [0.2, 0.25) is 0 Å². The Kier molecular flexibility index (Phi) is 4.83. The highest BCUT2D eigenvalue weighted by atomic mass is 19.4. The molecule has 0 aromatic carbocycles. The van der Waals surface area contributed by atoms with Crippen LogP contribution < -0.4 is 5.32 Å². The molecule has 0 aliphatic carbocycles. The van der Waals surface area contributed by atoms with E-state index in [9.17, 15) is 18.0 Å². The van der Waals surface area contributed by atoms with Gasteiger partial charge in [-0.3, -0.25) is 10.1 Å². The van der Waals surface area contributed by atoms with Gasteiger partial charge in [0.2, 0.25) is 5.95 Å². The molecule has 0 saturated carbocycles. The highest BCUT2D eigenvalue weighted by Crippen LogP contribution is 2.29. The third kappa shape index (κ3) is 3.91. The summed E-state index contributed by atoms with van der Waals surface area (Å²) >= 11 is 0. The lowest BCUT2D eigenvalue weighted by molar-refractivity contribution is -0.141. The molecule has 0 atom stereocenters. The highest BCUT2D eigenvalue weighted by molar-refractivity contribution is 6.05. The monoisotopic (exact) mass is 381 g/mol. The summed E-state index contributed by atoms with van der Waals surface area (Å²) in [4.78, 5) is 20.2. The van der Waals surface area contributed by atoms with Crippen molar-refractivity contribution >= 4 is 11.9 Å². The molecule has 3 aromatic rings. The van der Waals surface area contributed by atoms with Crippen molar-refractivity contribution in [1.29, 1.82) is 0 Å². The van der Waals surface area contributed by atoms with Crippen molar-refractivity contribution in [2.75, 3.05) is 5.32 Å². The van der Waals surface area contributed by atoms with Gasteiger partial charge in [-0.1, -0.05) is 12.0 Å². The number of alkyl halides is 3. The van der Waals surface area contributed by atoms with E-state index in [0.29, 0.717) is 12.2 Å². The lowest BCUT2D eigenvalue weighted by Gasteiger charge is -2.12. The summed E-state index contributed by atoms with van der Waals surface area (Å²) < 4.78 is 41.4. The molecule has 0 aliphatic rings. The average molecular weight is 381 g/mol. The first-order valence-electron chi connectivity index (χ1n) is 7.82. The number of aryl methyl sites for hydroxylation is 2. The fourth-order valence-electron chi connectivity index (χ4n) is 2.20. The summed E-state index contributed by atoms with van der Waals surface area (Å²) in [5.41, 5.74) is -1.29. The number of amides is 1. The first kappa shape index (κ1) is 18.4. The number of nitrogens with one attached hydrogen (secondary N) is 1. The zero-order valence-corrected chi connectivity index (χ0v) is 14.3. The molecule has 0 radical (unpaired) electrons. The van der Waals surface area contributed by atoms with Crippen LogP contribution in [-0.2, 0) is 19.6 Å². The first-order valence-corrected chi connectivity index (χ1v) is 7.82. The Hall–Kier alpha value is -3.38. The minimum Gasteiger partial charge on any atom is -0.289 e. The standard InChI is InChI=1S/C14H14F3N9O/c1-3-4-10-18-7-26(22-10)11-8(5-6-9(19-11)14(15,16)17)12(27)20-13-21-23-24-25(13)2/h5-7H,3-4H2,1-2H3,(H,20,21,24,27). The number of carbonyl (C=O) groups excluding carboxylic acids is 1. The van der Waals surface area contributed by atoms with Crippen LogP contribution in [-0.4, -0.2) is 45.9 Å². The Morgan fingerprint density at radius 2 is 2.07 bits per heavy atom. The molecular formula is C14H14F3N9O. The molecule has 0 spiro atoms. The van der Waals surface area contributed by atoms with Gasteiger partial charge in [-0.25, -0.2) is 19.3 Å². The smallest absolute Gasteiger partial charge is 0.289 e. The second-order valence-corrected chi connectivity index (χ2v) is 5.50. The van der Waals surface area contributed by atoms with E-state index in [1.165, 1.54) is 18.1 Å². The van der Waals surface area contributed by atoms with E-state index >= 15 is 0 Å². The van der Waals surface area contributed by atoms with Crippen molar-refractivity contribution in [1.82, 2.24) is 40.0 Å². The number of aromatic nitrogens is 8. The molecule has 0 aliphatic heterocycles. The average Bonchev–Trinajstić information content (AvgIpc) is 3.23. The van der Waals surface area contributed by atoms with E-state index < -0.39 is 17.8 Å². The summed E-state index contributed by atoms with van der Waals surface area (Å²) in [6.45, 7) is 1.91.